The molecule has 0 aliphatic rings. The van der Waals surface area contributed by atoms with Crippen LogP contribution in [-0.4, -0.2) is 13.1 Å². The average molecular weight is 224 g/mol. The molecule has 2 heteroatoms. The minimum atomic E-state index is 0.471. The van der Waals surface area contributed by atoms with E-state index in [-0.39, 0.29) is 0 Å². The van der Waals surface area contributed by atoms with Gasteiger partial charge in [0, 0.05) is 24.3 Å². The topological polar surface area (TPSA) is 27.0 Å². The van der Waals surface area contributed by atoms with Crippen molar-refractivity contribution >= 4 is 11.3 Å². The van der Waals surface area contributed by atoms with Crippen molar-refractivity contribution in [2.45, 2.75) is 0 Å². The molecular weight excluding hydrogens is 208 g/mol. The molecule has 0 heterocycles. The van der Waals surface area contributed by atoms with Gasteiger partial charge in [0.2, 0.25) is 0 Å². The van der Waals surface area contributed by atoms with Gasteiger partial charge in [0.1, 0.15) is 0 Å². The van der Waals surface area contributed by atoms with Crippen molar-refractivity contribution in [3.8, 4) is 6.07 Å². The molecule has 1 aromatic rings. The number of benzene rings is 1. The summed E-state index contributed by atoms with van der Waals surface area (Å²) >= 11 is 0. The maximum atomic E-state index is 8.95. The first-order chi connectivity index (χ1) is 8.24. The molecule has 0 N–H and O–H groups in total. The van der Waals surface area contributed by atoms with E-state index in [1.165, 1.54) is 0 Å². The molecule has 0 aliphatic heterocycles. The van der Waals surface area contributed by atoms with Crippen LogP contribution >= 0.6 is 0 Å². The lowest BCUT2D eigenvalue weighted by molar-refractivity contribution is 0.954. The summed E-state index contributed by atoms with van der Waals surface area (Å²) in [5.74, 6) is 0. The van der Waals surface area contributed by atoms with Crippen molar-refractivity contribution in [1.29, 1.82) is 5.26 Å². The monoisotopic (exact) mass is 224 g/mol. The molecule has 1 aromatic carbocycles. The zero-order valence-corrected chi connectivity index (χ0v) is 9.89. The van der Waals surface area contributed by atoms with E-state index in [0.29, 0.717) is 18.7 Å². The van der Waals surface area contributed by atoms with E-state index in [1.54, 1.807) is 0 Å². The number of hydrogen-bond donors (Lipinski definition) is 0. The molecule has 2 nitrogen and oxygen atoms in total. The molecule has 0 fully saturated rings. The Morgan fingerprint density at radius 1 is 1.24 bits per heavy atom. The first-order valence-corrected chi connectivity index (χ1v) is 5.39. The number of nitrogens with zero attached hydrogens (tertiary/aromatic N) is 2. The van der Waals surface area contributed by atoms with Gasteiger partial charge in [-0.25, -0.2) is 0 Å². The summed E-state index contributed by atoms with van der Waals surface area (Å²) in [7, 11) is 0. The molecular formula is C15H16N2. The summed E-state index contributed by atoms with van der Waals surface area (Å²) in [5, 5.41) is 8.95. The van der Waals surface area contributed by atoms with E-state index >= 15 is 0 Å². The summed E-state index contributed by atoms with van der Waals surface area (Å²) in [5.41, 5.74) is 2.32. The van der Waals surface area contributed by atoms with Crippen LogP contribution in [0.15, 0.2) is 56.2 Å². The van der Waals surface area contributed by atoms with E-state index in [9.17, 15) is 0 Å². The predicted octanol–water partition coefficient (Wildman–Crippen LogP) is 3.40. The van der Waals surface area contributed by atoms with Crippen LogP contribution < -0.4 is 4.90 Å². The molecule has 86 valence electrons. The molecule has 0 radical (unpaired) electrons. The van der Waals surface area contributed by atoms with E-state index in [2.05, 4.69) is 30.7 Å². The van der Waals surface area contributed by atoms with E-state index in [1.807, 2.05) is 36.4 Å². The van der Waals surface area contributed by atoms with Crippen LogP contribution in [0.3, 0.4) is 0 Å². The molecule has 1 rings (SSSR count). The van der Waals surface area contributed by atoms with Crippen molar-refractivity contribution in [2.24, 2.45) is 0 Å². The lowest BCUT2D eigenvalue weighted by Crippen LogP contribution is -2.24. The number of rotatable bonds is 6. The summed E-state index contributed by atoms with van der Waals surface area (Å²) in [6.07, 6.45) is 3.66. The Morgan fingerprint density at radius 3 is 2.35 bits per heavy atom. The molecule has 0 unspecified atom stereocenters. The number of nitriles is 1. The van der Waals surface area contributed by atoms with Crippen molar-refractivity contribution in [3.63, 3.8) is 0 Å². The zero-order chi connectivity index (χ0) is 12.7. The smallest absolute Gasteiger partial charge is 0.0992 e. The van der Waals surface area contributed by atoms with Crippen molar-refractivity contribution in [2.75, 3.05) is 18.0 Å². The maximum Gasteiger partial charge on any atom is 0.0992 e. The standard InChI is InChI=1S/C15H16N2/c1-4-10-17(11-5-2)15-9-7-6-8-14(15)13(3)12-16/h4-9H,1-3,10-11H2. The van der Waals surface area contributed by atoms with Gasteiger partial charge >= 0.3 is 0 Å². The Hall–Kier alpha value is -2.27. The van der Waals surface area contributed by atoms with Gasteiger partial charge in [-0.05, 0) is 6.07 Å². The van der Waals surface area contributed by atoms with Gasteiger partial charge < -0.3 is 4.90 Å². The van der Waals surface area contributed by atoms with Gasteiger partial charge in [0.25, 0.3) is 0 Å². The van der Waals surface area contributed by atoms with Crippen molar-refractivity contribution in [3.05, 3.63) is 61.7 Å². The van der Waals surface area contributed by atoms with Crippen LogP contribution in [-0.2, 0) is 0 Å². The lowest BCUT2D eigenvalue weighted by atomic mass is 10.1. The first-order valence-electron chi connectivity index (χ1n) is 5.39. The van der Waals surface area contributed by atoms with Gasteiger partial charge in [-0.2, -0.15) is 5.26 Å². The second-order valence-corrected chi connectivity index (χ2v) is 3.59. The molecule has 0 atom stereocenters. The predicted molar refractivity (Wildman–Crippen MR) is 73.7 cm³/mol. The van der Waals surface area contributed by atoms with Gasteiger partial charge in [-0.15, -0.1) is 13.2 Å². The summed E-state index contributed by atoms with van der Waals surface area (Å²) in [4.78, 5) is 2.10. The highest BCUT2D eigenvalue weighted by Gasteiger charge is 2.10. The minimum absolute atomic E-state index is 0.471. The summed E-state index contributed by atoms with van der Waals surface area (Å²) < 4.78 is 0. The molecule has 0 saturated heterocycles. The quantitative estimate of drug-likeness (QED) is 0.547. The van der Waals surface area contributed by atoms with E-state index < -0.39 is 0 Å². The second-order valence-electron chi connectivity index (χ2n) is 3.59. The Bertz CT molecular complexity index is 456. The molecule has 17 heavy (non-hydrogen) atoms. The van der Waals surface area contributed by atoms with Crippen LogP contribution in [0.5, 0.6) is 0 Å². The summed E-state index contributed by atoms with van der Waals surface area (Å²) in [6, 6.07) is 9.82. The SMILES string of the molecule is C=CCN(CC=C)c1ccccc1C(=C)C#N. The first kappa shape index (κ1) is 12.8. The van der Waals surface area contributed by atoms with Crippen LogP contribution in [0.4, 0.5) is 5.69 Å². The third kappa shape index (κ3) is 3.09. The number of allylic oxidation sites excluding steroid dienone is 1. The van der Waals surface area contributed by atoms with Gasteiger partial charge in [-0.1, -0.05) is 36.9 Å². The highest BCUT2D eigenvalue weighted by atomic mass is 15.1. The zero-order valence-electron chi connectivity index (χ0n) is 9.89. The van der Waals surface area contributed by atoms with Crippen molar-refractivity contribution < 1.29 is 0 Å². The number of para-hydroxylation sites is 1. The van der Waals surface area contributed by atoms with Crippen LogP contribution in [0.25, 0.3) is 5.57 Å². The fourth-order valence-electron chi connectivity index (χ4n) is 1.65. The molecule has 0 amide bonds. The van der Waals surface area contributed by atoms with Gasteiger partial charge in [0.15, 0.2) is 0 Å². The van der Waals surface area contributed by atoms with Gasteiger partial charge in [-0.3, -0.25) is 0 Å². The largest absolute Gasteiger partial charge is 0.364 e. The van der Waals surface area contributed by atoms with Crippen LogP contribution in [0.1, 0.15) is 5.56 Å². The average Bonchev–Trinajstić information content (AvgIpc) is 2.37. The Kier molecular flexibility index (Phi) is 4.77. The fourth-order valence-corrected chi connectivity index (χ4v) is 1.65. The highest BCUT2D eigenvalue weighted by Crippen LogP contribution is 2.25. The summed E-state index contributed by atoms with van der Waals surface area (Å²) in [6.45, 7) is 12.7. The lowest BCUT2D eigenvalue weighted by Gasteiger charge is -2.24. The van der Waals surface area contributed by atoms with Crippen LogP contribution in [0, 0.1) is 11.3 Å². The molecule has 0 saturated carbocycles. The van der Waals surface area contributed by atoms with E-state index in [0.717, 1.165) is 11.3 Å². The van der Waals surface area contributed by atoms with Crippen molar-refractivity contribution in [1.82, 2.24) is 0 Å². The van der Waals surface area contributed by atoms with Gasteiger partial charge in [0.05, 0.1) is 11.6 Å². The Balaban J connectivity index is 3.18. The third-order valence-corrected chi connectivity index (χ3v) is 2.40. The van der Waals surface area contributed by atoms with E-state index in [4.69, 9.17) is 5.26 Å². The second kappa shape index (κ2) is 6.34. The molecule has 0 aliphatic carbocycles. The Morgan fingerprint density at radius 2 is 1.82 bits per heavy atom. The third-order valence-electron chi connectivity index (χ3n) is 2.40. The Labute approximate surface area is 103 Å². The highest BCUT2D eigenvalue weighted by molar-refractivity contribution is 5.83. The molecule has 0 spiro atoms. The minimum Gasteiger partial charge on any atom is -0.364 e. The molecule has 0 aromatic heterocycles. The number of hydrogen-bond acceptors (Lipinski definition) is 2. The number of anilines is 1. The van der Waals surface area contributed by atoms with Crippen LogP contribution in [0.2, 0.25) is 0 Å². The normalized spacial score (nSPS) is 9.12. The molecule has 0 bridgehead atoms. The fraction of sp³-hybridized carbons (Fsp3) is 0.133. The maximum absolute atomic E-state index is 8.95.